The molecule has 0 atom stereocenters. The Labute approximate surface area is 106 Å². The van der Waals surface area contributed by atoms with Gasteiger partial charge >= 0.3 is 0 Å². The zero-order valence-corrected chi connectivity index (χ0v) is 10.6. The van der Waals surface area contributed by atoms with Crippen LogP contribution in [0.15, 0.2) is 23.9 Å². The van der Waals surface area contributed by atoms with E-state index in [-0.39, 0.29) is 10.6 Å². The Morgan fingerprint density at radius 1 is 1.44 bits per heavy atom. The summed E-state index contributed by atoms with van der Waals surface area (Å²) in [4.78, 5) is 12.5. The van der Waals surface area contributed by atoms with E-state index in [1.165, 1.54) is 0 Å². The van der Waals surface area contributed by atoms with Crippen LogP contribution < -0.4 is 5.32 Å². The van der Waals surface area contributed by atoms with Crippen molar-refractivity contribution in [2.75, 3.05) is 27.2 Å². The van der Waals surface area contributed by atoms with Gasteiger partial charge in [0.05, 0.1) is 4.92 Å². The molecule has 0 spiro atoms. The van der Waals surface area contributed by atoms with Gasteiger partial charge in [0.25, 0.3) is 5.69 Å². The first kappa shape index (κ1) is 12.6. The fourth-order valence-electron chi connectivity index (χ4n) is 2.00. The summed E-state index contributed by atoms with van der Waals surface area (Å²) < 4.78 is 0. The number of likely N-dealkylation sites (N-methyl/N-ethyl adjacent to an activating group) is 1. The van der Waals surface area contributed by atoms with Gasteiger partial charge in [-0.2, -0.15) is 0 Å². The first-order chi connectivity index (χ1) is 8.56. The second-order valence-electron chi connectivity index (χ2n) is 4.72. The third-order valence-corrected chi connectivity index (χ3v) is 2.96. The summed E-state index contributed by atoms with van der Waals surface area (Å²) in [5.41, 5.74) is 3.40. The molecule has 0 aliphatic heterocycles. The molecule has 1 aromatic carbocycles. The molecule has 0 bridgehead atoms. The fraction of sp³-hybridized carbons (Fsp3) is 0.385. The Kier molecular flexibility index (Phi) is 3.62. The SMILES string of the molecule is CN(C)CCNC1=Cc2ccc([N+](=O)[O-])cc2C1. The minimum atomic E-state index is -0.349. The van der Waals surface area contributed by atoms with Crippen LogP contribution >= 0.6 is 0 Å². The Hall–Kier alpha value is -1.88. The van der Waals surface area contributed by atoms with E-state index in [0.29, 0.717) is 0 Å². The van der Waals surface area contributed by atoms with Gasteiger partial charge in [-0.15, -0.1) is 0 Å². The van der Waals surface area contributed by atoms with E-state index >= 15 is 0 Å². The zero-order chi connectivity index (χ0) is 13.1. The van der Waals surface area contributed by atoms with Crippen LogP contribution in [0.25, 0.3) is 6.08 Å². The van der Waals surface area contributed by atoms with Crippen molar-refractivity contribution in [3.63, 3.8) is 0 Å². The van der Waals surface area contributed by atoms with Crippen molar-refractivity contribution >= 4 is 11.8 Å². The van der Waals surface area contributed by atoms with E-state index in [2.05, 4.69) is 16.3 Å². The van der Waals surface area contributed by atoms with E-state index in [9.17, 15) is 10.1 Å². The largest absolute Gasteiger partial charge is 0.387 e. The van der Waals surface area contributed by atoms with Crippen molar-refractivity contribution in [1.82, 2.24) is 10.2 Å². The maximum absolute atomic E-state index is 10.7. The number of nitrogens with zero attached hydrogens (tertiary/aromatic N) is 2. The molecule has 5 nitrogen and oxygen atoms in total. The average Bonchev–Trinajstić information content (AvgIpc) is 2.69. The lowest BCUT2D eigenvalue weighted by Gasteiger charge is -2.11. The first-order valence-electron chi connectivity index (χ1n) is 5.93. The Morgan fingerprint density at radius 2 is 2.22 bits per heavy atom. The number of non-ortho nitro benzene ring substituents is 1. The quantitative estimate of drug-likeness (QED) is 0.635. The summed E-state index contributed by atoms with van der Waals surface area (Å²) in [5.74, 6) is 0. The van der Waals surface area contributed by atoms with Crippen LogP contribution in [0, 0.1) is 10.1 Å². The maximum Gasteiger partial charge on any atom is 0.269 e. The van der Waals surface area contributed by atoms with E-state index in [1.807, 2.05) is 20.2 Å². The molecule has 0 radical (unpaired) electrons. The molecular weight excluding hydrogens is 230 g/mol. The number of hydrogen-bond donors (Lipinski definition) is 1. The van der Waals surface area contributed by atoms with Gasteiger partial charge < -0.3 is 10.2 Å². The normalized spacial score (nSPS) is 13.4. The van der Waals surface area contributed by atoms with Crippen molar-refractivity contribution in [1.29, 1.82) is 0 Å². The molecule has 0 fully saturated rings. The van der Waals surface area contributed by atoms with Crippen molar-refractivity contribution in [2.45, 2.75) is 6.42 Å². The van der Waals surface area contributed by atoms with Gasteiger partial charge in [-0.05, 0) is 37.4 Å². The molecule has 5 heteroatoms. The summed E-state index contributed by atoms with van der Waals surface area (Å²) in [6.07, 6.45) is 2.82. The molecule has 0 amide bonds. The van der Waals surface area contributed by atoms with Crippen molar-refractivity contribution < 1.29 is 4.92 Å². The number of benzene rings is 1. The molecule has 1 N–H and O–H groups in total. The van der Waals surface area contributed by atoms with Crippen LogP contribution in [0.3, 0.4) is 0 Å². The highest BCUT2D eigenvalue weighted by molar-refractivity contribution is 5.65. The highest BCUT2D eigenvalue weighted by Crippen LogP contribution is 2.27. The van der Waals surface area contributed by atoms with Gasteiger partial charge in [0.2, 0.25) is 0 Å². The second kappa shape index (κ2) is 5.18. The first-order valence-corrected chi connectivity index (χ1v) is 5.93. The molecule has 0 unspecified atom stereocenters. The molecule has 1 aliphatic carbocycles. The van der Waals surface area contributed by atoms with Crippen molar-refractivity contribution in [2.24, 2.45) is 0 Å². The van der Waals surface area contributed by atoms with Gasteiger partial charge in [-0.3, -0.25) is 10.1 Å². The fourth-order valence-corrected chi connectivity index (χ4v) is 2.00. The molecule has 0 aromatic heterocycles. The van der Waals surface area contributed by atoms with E-state index in [1.54, 1.807) is 12.1 Å². The van der Waals surface area contributed by atoms with E-state index < -0.39 is 0 Å². The van der Waals surface area contributed by atoms with Gasteiger partial charge in [0.15, 0.2) is 0 Å². The standard InChI is InChI=1S/C13H17N3O2/c1-15(2)6-5-14-12-7-10-3-4-13(16(17)18)9-11(10)8-12/h3-4,7,9,14H,5-6,8H2,1-2H3. The third-order valence-electron chi connectivity index (χ3n) is 2.96. The number of rotatable bonds is 5. The Bertz CT molecular complexity index is 495. The number of fused-ring (bicyclic) bond motifs is 1. The molecule has 0 saturated heterocycles. The number of nitrogens with one attached hydrogen (secondary N) is 1. The molecule has 96 valence electrons. The topological polar surface area (TPSA) is 58.4 Å². The molecular formula is C13H17N3O2. The number of allylic oxidation sites excluding steroid dienone is 1. The predicted molar refractivity (Wildman–Crippen MR) is 71.3 cm³/mol. The molecule has 0 heterocycles. The molecule has 2 rings (SSSR count). The second-order valence-corrected chi connectivity index (χ2v) is 4.72. The van der Waals surface area contributed by atoms with E-state index in [4.69, 9.17) is 0 Å². The highest BCUT2D eigenvalue weighted by Gasteiger charge is 2.16. The zero-order valence-electron chi connectivity index (χ0n) is 10.6. The minimum absolute atomic E-state index is 0.164. The van der Waals surface area contributed by atoms with Gasteiger partial charge in [-0.1, -0.05) is 0 Å². The molecule has 1 aromatic rings. The molecule has 18 heavy (non-hydrogen) atoms. The summed E-state index contributed by atoms with van der Waals surface area (Å²) in [5, 5.41) is 14.1. The molecule has 0 saturated carbocycles. The van der Waals surface area contributed by atoms with Gasteiger partial charge in [-0.25, -0.2) is 0 Å². The van der Waals surface area contributed by atoms with E-state index in [0.717, 1.165) is 36.3 Å². The van der Waals surface area contributed by atoms with Gasteiger partial charge in [0.1, 0.15) is 0 Å². The average molecular weight is 247 g/mol. The Balaban J connectivity index is 1.99. The van der Waals surface area contributed by atoms with Crippen molar-refractivity contribution in [3.05, 3.63) is 45.1 Å². The number of nitro benzene ring substituents is 1. The smallest absolute Gasteiger partial charge is 0.269 e. The highest BCUT2D eigenvalue weighted by atomic mass is 16.6. The maximum atomic E-state index is 10.7. The van der Waals surface area contributed by atoms with Crippen LogP contribution in [-0.2, 0) is 6.42 Å². The van der Waals surface area contributed by atoms with Crippen LogP contribution in [0.4, 0.5) is 5.69 Å². The summed E-state index contributed by atoms with van der Waals surface area (Å²) >= 11 is 0. The van der Waals surface area contributed by atoms with Crippen LogP contribution in [0.2, 0.25) is 0 Å². The van der Waals surface area contributed by atoms with Crippen LogP contribution in [0.5, 0.6) is 0 Å². The summed E-state index contributed by atoms with van der Waals surface area (Å²) in [6, 6.07) is 5.03. The lowest BCUT2D eigenvalue weighted by molar-refractivity contribution is -0.384. The summed E-state index contributed by atoms with van der Waals surface area (Å²) in [6.45, 7) is 1.85. The van der Waals surface area contributed by atoms with Gasteiger partial charge in [0, 0.05) is 37.3 Å². The number of nitro groups is 1. The monoisotopic (exact) mass is 247 g/mol. The molecule has 1 aliphatic rings. The lowest BCUT2D eigenvalue weighted by atomic mass is 10.1. The number of hydrogen-bond acceptors (Lipinski definition) is 4. The summed E-state index contributed by atoms with van der Waals surface area (Å²) in [7, 11) is 4.06. The van der Waals surface area contributed by atoms with Crippen LogP contribution in [-0.4, -0.2) is 37.0 Å². The lowest BCUT2D eigenvalue weighted by Crippen LogP contribution is -2.26. The minimum Gasteiger partial charge on any atom is -0.387 e. The predicted octanol–water partition coefficient (Wildman–Crippen LogP) is 1.64. The van der Waals surface area contributed by atoms with Crippen LogP contribution in [0.1, 0.15) is 11.1 Å². The third kappa shape index (κ3) is 2.87. The van der Waals surface area contributed by atoms with Crippen molar-refractivity contribution in [3.8, 4) is 0 Å². The Morgan fingerprint density at radius 3 is 2.89 bits per heavy atom.